The summed E-state index contributed by atoms with van der Waals surface area (Å²) in [4.78, 5) is 0. The first-order chi connectivity index (χ1) is 8.29. The highest BCUT2D eigenvalue weighted by atomic mass is 35.5. The van der Waals surface area contributed by atoms with Crippen molar-refractivity contribution in [1.29, 1.82) is 0 Å². The van der Waals surface area contributed by atoms with Crippen molar-refractivity contribution in [3.8, 4) is 0 Å². The van der Waals surface area contributed by atoms with E-state index in [1.54, 1.807) is 0 Å². The third-order valence-electron chi connectivity index (χ3n) is 2.76. The molecule has 0 bridgehead atoms. The molecule has 1 aliphatic heterocycles. The Bertz CT molecular complexity index is 373. The van der Waals surface area contributed by atoms with Crippen LogP contribution < -0.4 is 16.0 Å². The molecule has 1 atom stereocenters. The molecule has 1 unspecified atom stereocenters. The van der Waals surface area contributed by atoms with E-state index < -0.39 is 6.10 Å². The smallest absolute Gasteiger partial charge is 0.0847 e. The van der Waals surface area contributed by atoms with Gasteiger partial charge in [0.25, 0.3) is 0 Å². The van der Waals surface area contributed by atoms with Gasteiger partial charge in [-0.05, 0) is 17.7 Å². The Morgan fingerprint density at radius 2 is 2.29 bits per heavy atom. The van der Waals surface area contributed by atoms with Gasteiger partial charge in [-0.2, -0.15) is 0 Å². The Kier molecular flexibility index (Phi) is 4.48. The summed E-state index contributed by atoms with van der Waals surface area (Å²) in [6, 6.07) is 6.19. The number of rotatable bonds is 4. The number of halogens is 1. The average Bonchev–Trinajstić information content (AvgIpc) is 2.60. The number of hydrogen-bond acceptors (Lipinski definition) is 4. The van der Waals surface area contributed by atoms with Crippen LogP contribution in [-0.2, 0) is 6.54 Å². The van der Waals surface area contributed by atoms with E-state index in [0.29, 0.717) is 6.54 Å². The zero-order valence-corrected chi connectivity index (χ0v) is 10.4. The Hall–Kier alpha value is -0.970. The van der Waals surface area contributed by atoms with E-state index in [2.05, 4.69) is 28.1 Å². The fraction of sp³-hybridized carbons (Fsp3) is 0.500. The van der Waals surface area contributed by atoms with Gasteiger partial charge < -0.3 is 21.1 Å². The van der Waals surface area contributed by atoms with E-state index in [-0.39, 0.29) is 5.88 Å². The first-order valence-corrected chi connectivity index (χ1v) is 6.38. The molecule has 4 N–H and O–H groups in total. The van der Waals surface area contributed by atoms with Gasteiger partial charge in [0.1, 0.15) is 0 Å². The molecule has 0 fully saturated rings. The Labute approximate surface area is 106 Å². The molecule has 0 amide bonds. The van der Waals surface area contributed by atoms with Crippen LogP contribution in [0.1, 0.15) is 5.56 Å². The normalized spacial score (nSPS) is 16.6. The van der Waals surface area contributed by atoms with Crippen molar-refractivity contribution in [2.24, 2.45) is 0 Å². The fourth-order valence-electron chi connectivity index (χ4n) is 1.80. The molecule has 17 heavy (non-hydrogen) atoms. The molecule has 0 spiro atoms. The molecule has 0 saturated heterocycles. The van der Waals surface area contributed by atoms with Crippen LogP contribution in [0.15, 0.2) is 18.2 Å². The van der Waals surface area contributed by atoms with Crippen LogP contribution >= 0.6 is 11.6 Å². The zero-order chi connectivity index (χ0) is 12.1. The number of aliphatic hydroxyl groups is 1. The van der Waals surface area contributed by atoms with Gasteiger partial charge in [-0.3, -0.25) is 0 Å². The second kappa shape index (κ2) is 6.10. The lowest BCUT2D eigenvalue weighted by Gasteiger charge is -2.13. The maximum absolute atomic E-state index is 9.38. The molecular weight excluding hydrogens is 238 g/mol. The van der Waals surface area contributed by atoms with Crippen LogP contribution in [0.2, 0.25) is 0 Å². The molecule has 0 aliphatic carbocycles. The molecular formula is C12H18ClN3O. The molecule has 2 rings (SSSR count). The molecule has 0 aromatic heterocycles. The summed E-state index contributed by atoms with van der Waals surface area (Å²) >= 11 is 5.54. The number of hydrogen-bond donors (Lipinski definition) is 4. The van der Waals surface area contributed by atoms with Crippen molar-refractivity contribution in [1.82, 2.24) is 5.32 Å². The minimum absolute atomic E-state index is 0.250. The Morgan fingerprint density at radius 1 is 1.41 bits per heavy atom. The fourth-order valence-corrected chi connectivity index (χ4v) is 1.91. The summed E-state index contributed by atoms with van der Waals surface area (Å²) in [5, 5.41) is 19.3. The van der Waals surface area contributed by atoms with E-state index in [1.165, 1.54) is 5.56 Å². The number of benzene rings is 1. The summed E-state index contributed by atoms with van der Waals surface area (Å²) in [5.74, 6) is 0.250. The molecule has 1 aromatic carbocycles. The summed E-state index contributed by atoms with van der Waals surface area (Å²) in [5.41, 5.74) is 3.42. The Balaban J connectivity index is 2.02. The first-order valence-electron chi connectivity index (χ1n) is 5.85. The quantitative estimate of drug-likeness (QED) is 0.611. The highest BCUT2D eigenvalue weighted by Crippen LogP contribution is 2.22. The molecule has 1 heterocycles. The zero-order valence-electron chi connectivity index (χ0n) is 9.67. The lowest BCUT2D eigenvalue weighted by atomic mass is 10.1. The molecule has 0 saturated carbocycles. The lowest BCUT2D eigenvalue weighted by Crippen LogP contribution is -2.20. The van der Waals surface area contributed by atoms with Gasteiger partial charge in [-0.1, -0.05) is 6.07 Å². The van der Waals surface area contributed by atoms with Gasteiger partial charge in [0.15, 0.2) is 0 Å². The third kappa shape index (κ3) is 3.49. The van der Waals surface area contributed by atoms with Crippen molar-refractivity contribution >= 4 is 23.0 Å². The monoisotopic (exact) mass is 255 g/mol. The first kappa shape index (κ1) is 12.5. The number of anilines is 2. The van der Waals surface area contributed by atoms with Crippen LogP contribution in [0, 0.1) is 0 Å². The van der Waals surface area contributed by atoms with Crippen LogP contribution in [0.5, 0.6) is 0 Å². The van der Waals surface area contributed by atoms with Gasteiger partial charge in [-0.15, -0.1) is 11.6 Å². The number of alkyl halides is 1. The minimum atomic E-state index is -0.509. The van der Waals surface area contributed by atoms with Gasteiger partial charge in [-0.25, -0.2) is 0 Å². The second-order valence-corrected chi connectivity index (χ2v) is 4.47. The summed E-state index contributed by atoms with van der Waals surface area (Å²) < 4.78 is 0. The minimum Gasteiger partial charge on any atom is -0.390 e. The summed E-state index contributed by atoms with van der Waals surface area (Å²) in [7, 11) is 0. The molecule has 5 heteroatoms. The van der Waals surface area contributed by atoms with E-state index >= 15 is 0 Å². The number of aliphatic hydroxyl groups excluding tert-OH is 1. The molecule has 4 nitrogen and oxygen atoms in total. The maximum Gasteiger partial charge on any atom is 0.0847 e. The van der Waals surface area contributed by atoms with Gasteiger partial charge in [0.2, 0.25) is 0 Å². The van der Waals surface area contributed by atoms with Crippen LogP contribution in [0.25, 0.3) is 0 Å². The van der Waals surface area contributed by atoms with Gasteiger partial charge in [0.05, 0.1) is 12.0 Å². The number of nitrogens with one attached hydrogen (secondary N) is 3. The predicted octanol–water partition coefficient (Wildman–Crippen LogP) is 1.21. The molecule has 1 aromatic rings. The van der Waals surface area contributed by atoms with Crippen molar-refractivity contribution in [2.75, 3.05) is 36.1 Å². The molecule has 94 valence electrons. The SMILES string of the molecule is OC(CCl)CNc1ccc2c(c1)NCCNC2. The Morgan fingerprint density at radius 3 is 3.12 bits per heavy atom. The highest BCUT2D eigenvalue weighted by molar-refractivity contribution is 6.18. The highest BCUT2D eigenvalue weighted by Gasteiger charge is 2.07. The van der Waals surface area contributed by atoms with E-state index in [0.717, 1.165) is 31.0 Å². The largest absolute Gasteiger partial charge is 0.390 e. The number of fused-ring (bicyclic) bond motifs is 1. The average molecular weight is 256 g/mol. The van der Waals surface area contributed by atoms with Crippen LogP contribution in [0.3, 0.4) is 0 Å². The molecule has 0 radical (unpaired) electrons. The lowest BCUT2D eigenvalue weighted by molar-refractivity contribution is 0.211. The molecule has 1 aliphatic rings. The van der Waals surface area contributed by atoms with Crippen molar-refractivity contribution in [3.05, 3.63) is 23.8 Å². The maximum atomic E-state index is 9.38. The van der Waals surface area contributed by atoms with Gasteiger partial charge in [0, 0.05) is 37.6 Å². The van der Waals surface area contributed by atoms with E-state index in [4.69, 9.17) is 11.6 Å². The van der Waals surface area contributed by atoms with Gasteiger partial charge >= 0.3 is 0 Å². The van der Waals surface area contributed by atoms with E-state index in [9.17, 15) is 5.11 Å². The van der Waals surface area contributed by atoms with Crippen molar-refractivity contribution in [2.45, 2.75) is 12.6 Å². The third-order valence-corrected chi connectivity index (χ3v) is 3.12. The van der Waals surface area contributed by atoms with Crippen LogP contribution in [-0.4, -0.2) is 36.7 Å². The topological polar surface area (TPSA) is 56.3 Å². The summed E-state index contributed by atoms with van der Waals surface area (Å²) in [6.07, 6.45) is -0.509. The second-order valence-electron chi connectivity index (χ2n) is 4.16. The van der Waals surface area contributed by atoms with Crippen LogP contribution in [0.4, 0.5) is 11.4 Å². The predicted molar refractivity (Wildman–Crippen MR) is 71.9 cm³/mol. The van der Waals surface area contributed by atoms with E-state index in [1.807, 2.05) is 6.07 Å². The van der Waals surface area contributed by atoms with Crippen molar-refractivity contribution in [3.63, 3.8) is 0 Å². The standard InChI is InChI=1S/C12H18ClN3O/c13-6-11(17)8-16-10-2-1-9-7-14-3-4-15-12(9)5-10/h1-2,5,11,14-17H,3-4,6-8H2. The van der Waals surface area contributed by atoms with Crippen molar-refractivity contribution < 1.29 is 5.11 Å². The summed E-state index contributed by atoms with van der Waals surface area (Å²) in [6.45, 7) is 3.27.